The van der Waals surface area contributed by atoms with Crippen LogP contribution in [0, 0.1) is 0 Å². The molecule has 0 heteroatoms. The largest absolute Gasteiger partial charge is 0.0871 e. The molecule has 1 rings (SSSR count). The van der Waals surface area contributed by atoms with Gasteiger partial charge in [-0.1, -0.05) is 48.6 Å². The minimum Gasteiger partial charge on any atom is -0.0871 e. The molecular formula is C13H16. The van der Waals surface area contributed by atoms with Gasteiger partial charge in [0, 0.05) is 0 Å². The lowest BCUT2D eigenvalue weighted by molar-refractivity contribution is 1.24. The van der Waals surface area contributed by atoms with E-state index < -0.39 is 0 Å². The van der Waals surface area contributed by atoms with Gasteiger partial charge >= 0.3 is 0 Å². The number of hydrogen-bond donors (Lipinski definition) is 0. The molecule has 0 saturated heterocycles. The summed E-state index contributed by atoms with van der Waals surface area (Å²) in [6, 6.07) is 0. The molecule has 13 heavy (non-hydrogen) atoms. The van der Waals surface area contributed by atoms with Crippen LogP contribution in [0.2, 0.25) is 0 Å². The van der Waals surface area contributed by atoms with Crippen molar-refractivity contribution in [3.8, 4) is 0 Å². The molecule has 0 saturated carbocycles. The van der Waals surface area contributed by atoms with Gasteiger partial charge in [0.2, 0.25) is 0 Å². The number of allylic oxidation sites excluding steroid dienone is 10. The zero-order chi connectivity index (χ0) is 9.52. The van der Waals surface area contributed by atoms with Crippen molar-refractivity contribution in [1.29, 1.82) is 0 Å². The third kappa shape index (κ3) is 2.90. The van der Waals surface area contributed by atoms with E-state index >= 15 is 0 Å². The summed E-state index contributed by atoms with van der Waals surface area (Å²) >= 11 is 0. The van der Waals surface area contributed by atoms with E-state index in [1.54, 1.807) is 0 Å². The SMILES string of the molecule is C/C=C\C(=C/C)C1=CC=CC=CC1. The van der Waals surface area contributed by atoms with Crippen LogP contribution in [-0.4, -0.2) is 0 Å². The van der Waals surface area contributed by atoms with E-state index in [4.69, 9.17) is 0 Å². The van der Waals surface area contributed by atoms with E-state index in [0.717, 1.165) is 6.42 Å². The van der Waals surface area contributed by atoms with Gasteiger partial charge in [-0.2, -0.15) is 0 Å². The maximum Gasteiger partial charge on any atom is -0.00885 e. The first-order chi connectivity index (χ1) is 6.38. The maximum atomic E-state index is 2.18. The molecule has 0 aromatic carbocycles. The van der Waals surface area contributed by atoms with Crippen molar-refractivity contribution in [2.24, 2.45) is 0 Å². The van der Waals surface area contributed by atoms with Crippen LogP contribution in [-0.2, 0) is 0 Å². The molecule has 0 aromatic heterocycles. The molecule has 0 radical (unpaired) electrons. The average Bonchev–Trinajstić information content (AvgIpc) is 2.42. The van der Waals surface area contributed by atoms with Crippen LogP contribution in [0.1, 0.15) is 20.3 Å². The molecule has 0 aromatic rings. The van der Waals surface area contributed by atoms with E-state index in [9.17, 15) is 0 Å². The third-order valence-corrected chi connectivity index (χ3v) is 2.02. The van der Waals surface area contributed by atoms with Crippen molar-refractivity contribution in [2.45, 2.75) is 20.3 Å². The maximum absolute atomic E-state index is 2.18. The van der Waals surface area contributed by atoms with Gasteiger partial charge in [0.1, 0.15) is 0 Å². The third-order valence-electron chi connectivity index (χ3n) is 2.02. The predicted molar refractivity (Wildman–Crippen MR) is 59.6 cm³/mol. The minimum atomic E-state index is 1.02. The molecule has 0 unspecified atom stereocenters. The summed E-state index contributed by atoms with van der Waals surface area (Å²) in [6.45, 7) is 4.13. The second kappa shape index (κ2) is 5.36. The Bertz CT molecular complexity index is 296. The van der Waals surface area contributed by atoms with Crippen LogP contribution < -0.4 is 0 Å². The van der Waals surface area contributed by atoms with E-state index in [1.807, 2.05) is 6.92 Å². The Kier molecular flexibility index (Phi) is 4.04. The topological polar surface area (TPSA) is 0 Å². The van der Waals surface area contributed by atoms with Gasteiger partial charge in [-0.25, -0.2) is 0 Å². The molecule has 0 aliphatic heterocycles. The van der Waals surface area contributed by atoms with Crippen molar-refractivity contribution in [1.82, 2.24) is 0 Å². The first kappa shape index (κ1) is 9.79. The summed E-state index contributed by atoms with van der Waals surface area (Å²) in [7, 11) is 0. The Balaban J connectivity index is 2.86. The predicted octanol–water partition coefficient (Wildman–Crippen LogP) is 3.95. The van der Waals surface area contributed by atoms with Crippen molar-refractivity contribution in [3.63, 3.8) is 0 Å². The van der Waals surface area contributed by atoms with Crippen molar-refractivity contribution in [2.75, 3.05) is 0 Å². The molecule has 0 amide bonds. The van der Waals surface area contributed by atoms with E-state index in [2.05, 4.69) is 55.5 Å². The molecule has 68 valence electrons. The summed E-state index contributed by atoms with van der Waals surface area (Å²) in [5.41, 5.74) is 2.70. The number of hydrogen-bond acceptors (Lipinski definition) is 0. The summed E-state index contributed by atoms with van der Waals surface area (Å²) in [5, 5.41) is 0. The van der Waals surface area contributed by atoms with Crippen LogP contribution >= 0.6 is 0 Å². The first-order valence-corrected chi connectivity index (χ1v) is 4.70. The fraction of sp³-hybridized carbons (Fsp3) is 0.231. The molecule has 0 spiro atoms. The standard InChI is InChI=1S/C13H16/c1-3-9-12(4-2)13-10-7-5-6-8-11-13/h3-10H,11H2,1-2H3/b9-3-,12-4+. The molecule has 1 aliphatic carbocycles. The summed E-state index contributed by atoms with van der Waals surface area (Å²) < 4.78 is 0. The second-order valence-electron chi connectivity index (χ2n) is 2.95. The van der Waals surface area contributed by atoms with E-state index in [0.29, 0.717) is 0 Å². The fourth-order valence-corrected chi connectivity index (χ4v) is 1.36. The monoisotopic (exact) mass is 172 g/mol. The summed E-state index contributed by atoms with van der Waals surface area (Å²) in [5.74, 6) is 0. The van der Waals surface area contributed by atoms with E-state index in [-0.39, 0.29) is 0 Å². The van der Waals surface area contributed by atoms with Crippen LogP contribution in [0.15, 0.2) is 59.8 Å². The van der Waals surface area contributed by atoms with Gasteiger partial charge < -0.3 is 0 Å². The van der Waals surface area contributed by atoms with Crippen LogP contribution in [0.4, 0.5) is 0 Å². The lowest BCUT2D eigenvalue weighted by Crippen LogP contribution is -1.84. The Morgan fingerprint density at radius 3 is 2.77 bits per heavy atom. The molecule has 1 aliphatic rings. The average molecular weight is 172 g/mol. The summed E-state index contributed by atoms with van der Waals surface area (Å²) in [6.07, 6.45) is 18.0. The fourth-order valence-electron chi connectivity index (χ4n) is 1.36. The molecule has 0 bridgehead atoms. The Morgan fingerprint density at radius 1 is 1.23 bits per heavy atom. The zero-order valence-electron chi connectivity index (χ0n) is 8.33. The molecular weight excluding hydrogens is 156 g/mol. The Morgan fingerprint density at radius 2 is 2.08 bits per heavy atom. The van der Waals surface area contributed by atoms with Gasteiger partial charge in [0.25, 0.3) is 0 Å². The lowest BCUT2D eigenvalue weighted by Gasteiger charge is -2.03. The smallest absolute Gasteiger partial charge is 0.00885 e. The van der Waals surface area contributed by atoms with E-state index in [1.165, 1.54) is 11.1 Å². The van der Waals surface area contributed by atoms with Crippen molar-refractivity contribution >= 4 is 0 Å². The van der Waals surface area contributed by atoms with Crippen LogP contribution in [0.5, 0.6) is 0 Å². The highest BCUT2D eigenvalue weighted by atomic mass is 14.0. The molecule has 0 nitrogen and oxygen atoms in total. The highest BCUT2D eigenvalue weighted by Crippen LogP contribution is 2.18. The van der Waals surface area contributed by atoms with Crippen LogP contribution in [0.3, 0.4) is 0 Å². The second-order valence-corrected chi connectivity index (χ2v) is 2.95. The molecule has 0 fully saturated rings. The Labute approximate surface area is 80.7 Å². The Hall–Kier alpha value is -1.30. The normalized spacial score (nSPS) is 17.7. The van der Waals surface area contributed by atoms with Gasteiger partial charge in [-0.15, -0.1) is 0 Å². The number of rotatable bonds is 2. The zero-order valence-corrected chi connectivity index (χ0v) is 8.33. The molecule has 0 heterocycles. The van der Waals surface area contributed by atoms with Gasteiger partial charge in [0.15, 0.2) is 0 Å². The highest BCUT2D eigenvalue weighted by molar-refractivity contribution is 5.43. The quantitative estimate of drug-likeness (QED) is 0.553. The highest BCUT2D eigenvalue weighted by Gasteiger charge is 1.98. The van der Waals surface area contributed by atoms with Crippen LogP contribution in [0.25, 0.3) is 0 Å². The lowest BCUT2D eigenvalue weighted by atomic mass is 10.0. The molecule has 0 N–H and O–H groups in total. The van der Waals surface area contributed by atoms with Gasteiger partial charge in [-0.05, 0) is 31.4 Å². The van der Waals surface area contributed by atoms with Crippen molar-refractivity contribution in [3.05, 3.63) is 59.8 Å². The van der Waals surface area contributed by atoms with Crippen molar-refractivity contribution < 1.29 is 0 Å². The summed E-state index contributed by atoms with van der Waals surface area (Å²) in [4.78, 5) is 0. The van der Waals surface area contributed by atoms with Gasteiger partial charge in [0.05, 0.1) is 0 Å². The minimum absolute atomic E-state index is 1.02. The first-order valence-electron chi connectivity index (χ1n) is 4.70. The van der Waals surface area contributed by atoms with Gasteiger partial charge in [-0.3, -0.25) is 0 Å². The molecule has 0 atom stereocenters.